The number of halogens is 2. The minimum Gasteiger partial charge on any atom is -0.230 e. The molecule has 0 aromatic heterocycles. The molecule has 0 spiro atoms. The summed E-state index contributed by atoms with van der Waals surface area (Å²) in [6.07, 6.45) is 0. The smallest absolute Gasteiger partial charge is 0.230 e. The molecule has 2 nitrogen and oxygen atoms in total. The third kappa shape index (κ3) is 5.90. The SMILES string of the molecule is Cc1ccc(I(=O)=O)cc1.Cc1ccc(I)cc1. The van der Waals surface area contributed by atoms with Crippen LogP contribution in [0.5, 0.6) is 0 Å². The van der Waals surface area contributed by atoms with Crippen LogP contribution in [0.4, 0.5) is 0 Å². The van der Waals surface area contributed by atoms with E-state index in [0.717, 1.165) is 5.56 Å². The number of benzene rings is 2. The van der Waals surface area contributed by atoms with Gasteiger partial charge in [0.15, 0.2) is 0 Å². The molecule has 18 heavy (non-hydrogen) atoms. The Morgan fingerprint density at radius 1 is 0.778 bits per heavy atom. The van der Waals surface area contributed by atoms with Crippen LogP contribution in [-0.4, -0.2) is 0 Å². The summed E-state index contributed by atoms with van der Waals surface area (Å²) in [5.74, 6) is 0. The highest BCUT2D eigenvalue weighted by atomic mass is 127. The Balaban J connectivity index is 0.000000184. The van der Waals surface area contributed by atoms with Gasteiger partial charge in [-0.15, -0.1) is 0 Å². The third-order valence-electron chi connectivity index (χ3n) is 2.20. The molecule has 0 aliphatic carbocycles. The van der Waals surface area contributed by atoms with Crippen molar-refractivity contribution in [1.29, 1.82) is 0 Å². The molecule has 0 N–H and O–H groups in total. The van der Waals surface area contributed by atoms with Crippen LogP contribution in [0, 0.1) is 21.0 Å². The highest BCUT2D eigenvalue weighted by Gasteiger charge is 1.94. The largest absolute Gasteiger partial charge is 0.340 e. The maximum absolute atomic E-state index is 10.4. The van der Waals surface area contributed by atoms with Gasteiger partial charge in [-0.25, -0.2) is 6.14 Å². The fourth-order valence-corrected chi connectivity index (χ4v) is 2.48. The summed E-state index contributed by atoms with van der Waals surface area (Å²) in [6, 6.07) is 15.3. The van der Waals surface area contributed by atoms with Gasteiger partial charge in [-0.1, -0.05) is 35.4 Å². The lowest BCUT2D eigenvalue weighted by Gasteiger charge is -1.88. The van der Waals surface area contributed by atoms with E-state index in [1.165, 1.54) is 9.13 Å². The average Bonchev–Trinajstić information content (AvgIpc) is 2.34. The maximum Gasteiger partial charge on any atom is 0.340 e. The Morgan fingerprint density at radius 2 is 1.17 bits per heavy atom. The molecule has 0 amide bonds. The lowest BCUT2D eigenvalue weighted by Crippen LogP contribution is -1.72. The highest BCUT2D eigenvalue weighted by molar-refractivity contribution is 14.2. The van der Waals surface area contributed by atoms with E-state index in [-0.39, 0.29) is 0 Å². The number of rotatable bonds is 1. The number of aryl methyl sites for hydroxylation is 2. The molecule has 4 heteroatoms. The van der Waals surface area contributed by atoms with Crippen molar-refractivity contribution in [3.05, 3.63) is 66.8 Å². The molecule has 0 unspecified atom stereocenters. The van der Waals surface area contributed by atoms with Gasteiger partial charge >= 0.3 is 19.8 Å². The first-order chi connectivity index (χ1) is 8.49. The molecule has 0 fully saturated rings. The fraction of sp³-hybridized carbons (Fsp3) is 0.143. The van der Waals surface area contributed by atoms with Crippen LogP contribution in [-0.2, 0) is 6.14 Å². The van der Waals surface area contributed by atoms with Crippen molar-refractivity contribution in [2.24, 2.45) is 0 Å². The second kappa shape index (κ2) is 7.83. The summed E-state index contributed by atoms with van der Waals surface area (Å²) in [7, 11) is 0. The zero-order valence-corrected chi connectivity index (χ0v) is 14.5. The van der Waals surface area contributed by atoms with Crippen molar-refractivity contribution in [2.75, 3.05) is 0 Å². The first-order valence-electron chi connectivity index (χ1n) is 5.33. The Hall–Kier alpha value is -0.500. The van der Waals surface area contributed by atoms with Crippen LogP contribution in [0.15, 0.2) is 48.5 Å². The molecule has 96 valence electrons. The molecular formula is C14H14I2O2. The van der Waals surface area contributed by atoms with Crippen LogP contribution in [0.25, 0.3) is 0 Å². The second-order valence-corrected chi connectivity index (χ2v) is 7.54. The van der Waals surface area contributed by atoms with E-state index in [9.17, 15) is 6.14 Å². The van der Waals surface area contributed by atoms with E-state index in [1.807, 2.05) is 6.92 Å². The van der Waals surface area contributed by atoms with Gasteiger partial charge in [0.25, 0.3) is 0 Å². The van der Waals surface area contributed by atoms with Gasteiger partial charge in [-0.05, 0) is 60.7 Å². The molecule has 0 aliphatic heterocycles. The molecule has 0 heterocycles. The van der Waals surface area contributed by atoms with Gasteiger partial charge in [-0.3, -0.25) is 0 Å². The molecule has 0 saturated carbocycles. The van der Waals surface area contributed by atoms with Gasteiger partial charge in [0.1, 0.15) is 0 Å². The van der Waals surface area contributed by atoms with Gasteiger partial charge in [0.2, 0.25) is 0 Å². The summed E-state index contributed by atoms with van der Waals surface area (Å²) in [5.41, 5.74) is 2.41. The van der Waals surface area contributed by atoms with Crippen molar-refractivity contribution in [1.82, 2.24) is 0 Å². The van der Waals surface area contributed by atoms with Crippen LogP contribution < -0.4 is 0 Å². The third-order valence-corrected chi connectivity index (χ3v) is 4.66. The zero-order chi connectivity index (χ0) is 13.5. The zero-order valence-electron chi connectivity index (χ0n) is 10.2. The van der Waals surface area contributed by atoms with E-state index < -0.39 is 19.8 Å². The summed E-state index contributed by atoms with van der Waals surface area (Å²) in [6.45, 7) is 4.02. The molecule has 2 aromatic rings. The maximum atomic E-state index is 10.4. The topological polar surface area (TPSA) is 34.1 Å². The summed E-state index contributed by atoms with van der Waals surface area (Å²) in [4.78, 5) is 0. The summed E-state index contributed by atoms with van der Waals surface area (Å²) in [5, 5.41) is 0. The predicted molar refractivity (Wildman–Crippen MR) is 89.2 cm³/mol. The Labute approximate surface area is 128 Å². The van der Waals surface area contributed by atoms with Gasteiger partial charge < -0.3 is 0 Å². The van der Waals surface area contributed by atoms with Crippen LogP contribution in [0.2, 0.25) is 0 Å². The van der Waals surface area contributed by atoms with Crippen molar-refractivity contribution in [3.8, 4) is 0 Å². The second-order valence-electron chi connectivity index (χ2n) is 3.81. The van der Waals surface area contributed by atoms with Gasteiger partial charge in [-0.2, -0.15) is 0 Å². The fourth-order valence-electron chi connectivity index (χ4n) is 1.17. The number of hydrogen-bond acceptors (Lipinski definition) is 2. The van der Waals surface area contributed by atoms with Crippen LogP contribution in [0.1, 0.15) is 11.1 Å². The summed E-state index contributed by atoms with van der Waals surface area (Å²) < 4.78 is 22.6. The quantitative estimate of drug-likeness (QED) is 0.555. The predicted octanol–water partition coefficient (Wildman–Crippen LogP) is 4.96. The minimum absolute atomic E-state index is 0.467. The van der Waals surface area contributed by atoms with E-state index in [2.05, 4.69) is 53.8 Å². The lowest BCUT2D eigenvalue weighted by atomic mass is 10.2. The monoisotopic (exact) mass is 468 g/mol. The standard InChI is InChI=1S/C7H7IO2.C7H7I/c1-6-2-4-7(5-3-6)8(9)10;1-6-2-4-7(8)5-3-6/h2-5H,1H3;2-5H,1H3. The van der Waals surface area contributed by atoms with E-state index in [4.69, 9.17) is 0 Å². The Kier molecular flexibility index (Phi) is 6.77. The van der Waals surface area contributed by atoms with Crippen molar-refractivity contribution < 1.29 is 6.14 Å². The highest BCUT2D eigenvalue weighted by Crippen LogP contribution is 2.16. The molecule has 2 rings (SSSR count). The van der Waals surface area contributed by atoms with Gasteiger partial charge in [0, 0.05) is 3.57 Å². The van der Waals surface area contributed by atoms with E-state index in [1.54, 1.807) is 24.3 Å². The Bertz CT molecular complexity index is 526. The van der Waals surface area contributed by atoms with Crippen molar-refractivity contribution >= 4 is 42.4 Å². The van der Waals surface area contributed by atoms with E-state index >= 15 is 0 Å². The van der Waals surface area contributed by atoms with Crippen molar-refractivity contribution in [3.63, 3.8) is 0 Å². The molecule has 0 aliphatic rings. The molecule has 0 saturated heterocycles. The molecule has 2 aromatic carbocycles. The molecule has 0 bridgehead atoms. The minimum atomic E-state index is -3.20. The van der Waals surface area contributed by atoms with E-state index in [0.29, 0.717) is 3.57 Å². The lowest BCUT2D eigenvalue weighted by molar-refractivity contribution is 0.610. The molecule has 0 radical (unpaired) electrons. The van der Waals surface area contributed by atoms with Gasteiger partial charge in [0.05, 0.1) is 3.57 Å². The molecular weight excluding hydrogens is 454 g/mol. The average molecular weight is 468 g/mol. The normalized spacial score (nSPS) is 9.78. The Morgan fingerprint density at radius 3 is 1.50 bits per heavy atom. The first-order valence-corrected chi connectivity index (χ1v) is 9.25. The molecule has 0 atom stereocenters. The van der Waals surface area contributed by atoms with Crippen molar-refractivity contribution in [2.45, 2.75) is 13.8 Å². The van der Waals surface area contributed by atoms with Crippen LogP contribution in [0.3, 0.4) is 0 Å². The number of hydrogen-bond donors (Lipinski definition) is 0. The summed E-state index contributed by atoms with van der Waals surface area (Å²) >= 11 is -0.907. The first kappa shape index (κ1) is 15.6. The van der Waals surface area contributed by atoms with Crippen LogP contribution >= 0.6 is 42.4 Å².